The highest BCUT2D eigenvalue weighted by atomic mass is 19.1. The Kier molecular flexibility index (Phi) is 5.11. The van der Waals surface area contributed by atoms with Gasteiger partial charge in [-0.15, -0.1) is 0 Å². The highest BCUT2D eigenvalue weighted by molar-refractivity contribution is 6.10. The minimum atomic E-state index is -0.557. The van der Waals surface area contributed by atoms with Crippen LogP contribution in [0.25, 0.3) is 6.08 Å². The molecule has 0 unspecified atom stereocenters. The molecule has 0 fully saturated rings. The first-order chi connectivity index (χ1) is 11.0. The van der Waals surface area contributed by atoms with Crippen LogP contribution in [0, 0.1) is 24.1 Å². The Bertz CT molecular complexity index is 807. The lowest BCUT2D eigenvalue weighted by Crippen LogP contribution is -2.14. The van der Waals surface area contributed by atoms with Gasteiger partial charge in [0, 0.05) is 0 Å². The number of methoxy groups -OCH3 is 1. The van der Waals surface area contributed by atoms with E-state index in [1.165, 1.54) is 25.3 Å². The summed E-state index contributed by atoms with van der Waals surface area (Å²) in [4.78, 5) is 12.2. The maximum atomic E-state index is 13.3. The Morgan fingerprint density at radius 2 is 2.04 bits per heavy atom. The number of nitrogens with one attached hydrogen (secondary N) is 1. The van der Waals surface area contributed by atoms with Crippen molar-refractivity contribution in [2.75, 3.05) is 12.4 Å². The van der Waals surface area contributed by atoms with Crippen molar-refractivity contribution in [3.05, 3.63) is 65.0 Å². The SMILES string of the molecule is COc1ccccc1NC(=O)C(C#N)=Cc1ccc(F)c(C)c1. The molecule has 2 aromatic rings. The van der Waals surface area contributed by atoms with Crippen molar-refractivity contribution in [3.63, 3.8) is 0 Å². The number of benzene rings is 2. The molecule has 0 heterocycles. The first-order valence-electron chi connectivity index (χ1n) is 6.87. The molecule has 1 amide bonds. The second-order valence-corrected chi connectivity index (χ2v) is 4.83. The van der Waals surface area contributed by atoms with Crippen LogP contribution >= 0.6 is 0 Å². The Balaban J connectivity index is 2.26. The van der Waals surface area contributed by atoms with Gasteiger partial charge >= 0.3 is 0 Å². The van der Waals surface area contributed by atoms with E-state index in [4.69, 9.17) is 4.74 Å². The van der Waals surface area contributed by atoms with Gasteiger partial charge in [-0.2, -0.15) is 5.26 Å². The largest absolute Gasteiger partial charge is 0.495 e. The molecule has 0 saturated heterocycles. The molecule has 2 aromatic carbocycles. The highest BCUT2D eigenvalue weighted by Gasteiger charge is 2.12. The Hall–Kier alpha value is -3.13. The molecule has 2 rings (SSSR count). The lowest BCUT2D eigenvalue weighted by molar-refractivity contribution is -0.112. The molecule has 1 N–H and O–H groups in total. The minimum Gasteiger partial charge on any atom is -0.495 e. The van der Waals surface area contributed by atoms with Gasteiger partial charge in [0.15, 0.2) is 0 Å². The number of para-hydroxylation sites is 2. The van der Waals surface area contributed by atoms with E-state index in [1.54, 1.807) is 37.3 Å². The summed E-state index contributed by atoms with van der Waals surface area (Å²) >= 11 is 0. The summed E-state index contributed by atoms with van der Waals surface area (Å²) < 4.78 is 18.4. The van der Waals surface area contributed by atoms with Gasteiger partial charge in [-0.25, -0.2) is 4.39 Å². The molecule has 0 atom stereocenters. The fraction of sp³-hybridized carbons (Fsp3) is 0.111. The minimum absolute atomic E-state index is 0.0816. The number of hydrogen-bond donors (Lipinski definition) is 1. The molecule has 0 bridgehead atoms. The number of nitriles is 1. The number of hydrogen-bond acceptors (Lipinski definition) is 3. The fourth-order valence-corrected chi connectivity index (χ4v) is 2.01. The van der Waals surface area contributed by atoms with Gasteiger partial charge in [0.05, 0.1) is 12.8 Å². The van der Waals surface area contributed by atoms with Crippen molar-refractivity contribution in [1.82, 2.24) is 0 Å². The monoisotopic (exact) mass is 310 g/mol. The second-order valence-electron chi connectivity index (χ2n) is 4.83. The normalized spacial score (nSPS) is 10.8. The molecule has 0 aliphatic carbocycles. The summed E-state index contributed by atoms with van der Waals surface area (Å²) in [6, 6.07) is 13.1. The third kappa shape index (κ3) is 3.95. The number of carbonyl (C=O) groups is 1. The van der Waals surface area contributed by atoms with E-state index in [9.17, 15) is 14.4 Å². The van der Waals surface area contributed by atoms with Gasteiger partial charge in [0.25, 0.3) is 5.91 Å². The zero-order valence-electron chi connectivity index (χ0n) is 12.8. The first kappa shape index (κ1) is 16.2. The van der Waals surface area contributed by atoms with Gasteiger partial charge in [0.2, 0.25) is 0 Å². The van der Waals surface area contributed by atoms with E-state index in [0.717, 1.165) is 0 Å². The smallest absolute Gasteiger partial charge is 0.266 e. The topological polar surface area (TPSA) is 62.1 Å². The molecule has 4 nitrogen and oxygen atoms in total. The number of carbonyl (C=O) groups excluding carboxylic acids is 1. The third-order valence-electron chi connectivity index (χ3n) is 3.21. The molecule has 5 heteroatoms. The van der Waals surface area contributed by atoms with E-state index < -0.39 is 5.91 Å². The third-order valence-corrected chi connectivity index (χ3v) is 3.21. The van der Waals surface area contributed by atoms with Gasteiger partial charge in [-0.1, -0.05) is 18.2 Å². The molecular formula is C18H15FN2O2. The zero-order valence-corrected chi connectivity index (χ0v) is 12.8. The van der Waals surface area contributed by atoms with Crippen LogP contribution < -0.4 is 10.1 Å². The first-order valence-corrected chi connectivity index (χ1v) is 6.87. The number of rotatable bonds is 4. The Morgan fingerprint density at radius 1 is 1.30 bits per heavy atom. The van der Waals surface area contributed by atoms with E-state index in [1.807, 2.05) is 6.07 Å². The van der Waals surface area contributed by atoms with Crippen molar-refractivity contribution in [3.8, 4) is 11.8 Å². The predicted molar refractivity (Wildman–Crippen MR) is 86.4 cm³/mol. The van der Waals surface area contributed by atoms with Crippen LogP contribution in [0.1, 0.15) is 11.1 Å². The molecule has 0 aliphatic heterocycles. The van der Waals surface area contributed by atoms with Gasteiger partial charge in [-0.3, -0.25) is 4.79 Å². The molecule has 116 valence electrons. The highest BCUT2D eigenvalue weighted by Crippen LogP contribution is 2.23. The maximum Gasteiger partial charge on any atom is 0.266 e. The molecule has 0 aromatic heterocycles. The molecule has 0 radical (unpaired) electrons. The fourth-order valence-electron chi connectivity index (χ4n) is 2.01. The van der Waals surface area contributed by atoms with Crippen LogP contribution in [0.2, 0.25) is 0 Å². The maximum absolute atomic E-state index is 13.3. The van der Waals surface area contributed by atoms with Gasteiger partial charge in [-0.05, 0) is 48.4 Å². The number of halogens is 1. The average molecular weight is 310 g/mol. The quantitative estimate of drug-likeness (QED) is 0.692. The number of anilines is 1. The molecule has 0 aliphatic rings. The van der Waals surface area contributed by atoms with Crippen LogP contribution in [0.3, 0.4) is 0 Å². The van der Waals surface area contributed by atoms with Crippen LogP contribution in [0.4, 0.5) is 10.1 Å². The summed E-state index contributed by atoms with van der Waals surface area (Å²) in [5, 5.41) is 11.8. The van der Waals surface area contributed by atoms with E-state index in [-0.39, 0.29) is 11.4 Å². The summed E-state index contributed by atoms with van der Waals surface area (Å²) in [7, 11) is 1.49. The van der Waals surface area contributed by atoms with E-state index in [2.05, 4.69) is 5.32 Å². The van der Waals surface area contributed by atoms with Crippen molar-refractivity contribution in [1.29, 1.82) is 5.26 Å². The molecule has 23 heavy (non-hydrogen) atoms. The van der Waals surface area contributed by atoms with Gasteiger partial charge in [0.1, 0.15) is 23.2 Å². The molecule has 0 spiro atoms. The number of nitrogens with zero attached hydrogens (tertiary/aromatic N) is 1. The van der Waals surface area contributed by atoms with E-state index >= 15 is 0 Å². The van der Waals surface area contributed by atoms with Crippen molar-refractivity contribution >= 4 is 17.7 Å². The summed E-state index contributed by atoms with van der Waals surface area (Å²) in [6.07, 6.45) is 1.41. The summed E-state index contributed by atoms with van der Waals surface area (Å²) in [6.45, 7) is 1.62. The predicted octanol–water partition coefficient (Wildman–Crippen LogP) is 3.69. The number of ether oxygens (including phenoxy) is 1. The number of aryl methyl sites for hydroxylation is 1. The van der Waals surface area contributed by atoms with Gasteiger partial charge < -0.3 is 10.1 Å². The zero-order chi connectivity index (χ0) is 16.8. The lowest BCUT2D eigenvalue weighted by atomic mass is 10.1. The van der Waals surface area contributed by atoms with Crippen LogP contribution in [-0.2, 0) is 4.79 Å². The number of amides is 1. The average Bonchev–Trinajstić information content (AvgIpc) is 2.56. The Morgan fingerprint density at radius 3 is 2.70 bits per heavy atom. The van der Waals surface area contributed by atoms with Crippen molar-refractivity contribution in [2.45, 2.75) is 6.92 Å². The summed E-state index contributed by atoms with van der Waals surface area (Å²) in [5.74, 6) is -0.395. The van der Waals surface area contributed by atoms with Crippen LogP contribution in [-0.4, -0.2) is 13.0 Å². The standard InChI is InChI=1S/C18H15FN2O2/c1-12-9-13(7-8-15(12)19)10-14(11-20)18(22)21-16-5-3-4-6-17(16)23-2/h3-10H,1-2H3,(H,21,22). The Labute approximate surface area is 133 Å². The van der Waals surface area contributed by atoms with Crippen LogP contribution in [0.15, 0.2) is 48.0 Å². The lowest BCUT2D eigenvalue weighted by Gasteiger charge is -2.09. The van der Waals surface area contributed by atoms with Crippen LogP contribution in [0.5, 0.6) is 5.75 Å². The molecule has 0 saturated carbocycles. The van der Waals surface area contributed by atoms with Crippen molar-refractivity contribution in [2.24, 2.45) is 0 Å². The van der Waals surface area contributed by atoms with E-state index in [0.29, 0.717) is 22.6 Å². The van der Waals surface area contributed by atoms with Crippen molar-refractivity contribution < 1.29 is 13.9 Å². The summed E-state index contributed by atoms with van der Waals surface area (Å²) in [5.41, 5.74) is 1.41. The molecular weight excluding hydrogens is 295 g/mol. The second kappa shape index (κ2) is 7.23.